The van der Waals surface area contributed by atoms with Crippen LogP contribution in [0.1, 0.15) is 50.7 Å². The molecule has 1 aromatic rings. The SMILES string of the molecule is CCCCc1[c]c(CCCC)c[c]c1. The molecule has 0 bridgehead atoms. The van der Waals surface area contributed by atoms with Crippen molar-refractivity contribution in [1.29, 1.82) is 0 Å². The second-order valence-electron chi connectivity index (χ2n) is 3.84. The Hall–Kier alpha value is -0.780. The van der Waals surface area contributed by atoms with Crippen LogP contribution in [0.4, 0.5) is 0 Å². The molecule has 0 spiro atoms. The fraction of sp³-hybridized carbons (Fsp3) is 0.571. The molecule has 0 aliphatic carbocycles. The lowest BCUT2D eigenvalue weighted by Crippen LogP contribution is -1.90. The van der Waals surface area contributed by atoms with Crippen LogP contribution in [-0.2, 0) is 12.8 Å². The van der Waals surface area contributed by atoms with Gasteiger partial charge in [-0.15, -0.1) is 0 Å². The second-order valence-corrected chi connectivity index (χ2v) is 3.84. The largest absolute Gasteiger partial charge is 0.0654 e. The van der Waals surface area contributed by atoms with Gasteiger partial charge in [0.25, 0.3) is 0 Å². The van der Waals surface area contributed by atoms with Crippen LogP contribution in [0.15, 0.2) is 12.1 Å². The van der Waals surface area contributed by atoms with Gasteiger partial charge in [-0.1, -0.05) is 38.8 Å². The highest BCUT2D eigenvalue weighted by Crippen LogP contribution is 2.09. The second kappa shape index (κ2) is 6.64. The van der Waals surface area contributed by atoms with E-state index in [-0.39, 0.29) is 0 Å². The first-order valence-electron chi connectivity index (χ1n) is 5.78. The van der Waals surface area contributed by atoms with E-state index in [4.69, 9.17) is 0 Å². The Morgan fingerprint density at radius 2 is 1.43 bits per heavy atom. The lowest BCUT2D eigenvalue weighted by molar-refractivity contribution is 0.779. The molecule has 0 N–H and O–H groups in total. The van der Waals surface area contributed by atoms with Crippen molar-refractivity contribution in [3.8, 4) is 0 Å². The van der Waals surface area contributed by atoms with Crippen LogP contribution < -0.4 is 0 Å². The zero-order chi connectivity index (χ0) is 10.2. The molecule has 1 aromatic carbocycles. The van der Waals surface area contributed by atoms with Gasteiger partial charge in [-0.2, -0.15) is 0 Å². The average Bonchev–Trinajstić information content (AvgIpc) is 2.24. The maximum Gasteiger partial charge on any atom is -0.0114 e. The first kappa shape index (κ1) is 11.3. The lowest BCUT2D eigenvalue weighted by Gasteiger charge is -2.02. The Labute approximate surface area is 88.4 Å². The maximum atomic E-state index is 3.48. The fourth-order valence-electron chi connectivity index (χ4n) is 1.53. The highest BCUT2D eigenvalue weighted by atomic mass is 14.0. The number of benzene rings is 1. The van der Waals surface area contributed by atoms with E-state index in [1.54, 1.807) is 0 Å². The minimum absolute atomic E-state index is 1.16. The van der Waals surface area contributed by atoms with E-state index in [1.165, 1.54) is 36.8 Å². The predicted molar refractivity (Wildman–Crippen MR) is 61.3 cm³/mol. The molecule has 0 aromatic heterocycles. The lowest BCUT2D eigenvalue weighted by atomic mass is 10.0. The molecular formula is C14H20. The highest BCUT2D eigenvalue weighted by molar-refractivity contribution is 5.21. The van der Waals surface area contributed by atoms with Crippen molar-refractivity contribution in [2.45, 2.75) is 52.4 Å². The van der Waals surface area contributed by atoms with Crippen molar-refractivity contribution >= 4 is 0 Å². The monoisotopic (exact) mass is 188 g/mol. The fourth-order valence-corrected chi connectivity index (χ4v) is 1.53. The van der Waals surface area contributed by atoms with Crippen molar-refractivity contribution < 1.29 is 0 Å². The van der Waals surface area contributed by atoms with Crippen molar-refractivity contribution in [3.05, 3.63) is 35.4 Å². The molecule has 0 aliphatic heterocycles. The minimum Gasteiger partial charge on any atom is -0.0654 e. The summed E-state index contributed by atoms with van der Waals surface area (Å²) in [5.41, 5.74) is 2.67. The van der Waals surface area contributed by atoms with Gasteiger partial charge in [0.1, 0.15) is 0 Å². The van der Waals surface area contributed by atoms with Crippen LogP contribution in [0.5, 0.6) is 0 Å². The minimum atomic E-state index is 1.16. The quantitative estimate of drug-likeness (QED) is 0.633. The van der Waals surface area contributed by atoms with E-state index < -0.39 is 0 Å². The van der Waals surface area contributed by atoms with Gasteiger partial charge in [-0.25, -0.2) is 0 Å². The maximum absolute atomic E-state index is 3.48. The van der Waals surface area contributed by atoms with Crippen LogP contribution >= 0.6 is 0 Å². The Bertz CT molecular complexity index is 227. The van der Waals surface area contributed by atoms with E-state index in [0.29, 0.717) is 0 Å². The predicted octanol–water partition coefficient (Wildman–Crippen LogP) is 3.97. The van der Waals surface area contributed by atoms with Gasteiger partial charge < -0.3 is 0 Å². The number of rotatable bonds is 6. The summed E-state index contributed by atoms with van der Waals surface area (Å²) in [6.07, 6.45) is 7.36. The summed E-state index contributed by atoms with van der Waals surface area (Å²) in [6, 6.07) is 10.8. The standard InChI is InChI=1S/C14H20/c1-3-5-8-13-10-7-11-14(12-13)9-6-4-2/h10-11H,3-6,8-9H2,1-2H3. The van der Waals surface area contributed by atoms with E-state index in [1.807, 2.05) is 0 Å². The molecule has 14 heavy (non-hydrogen) atoms. The number of hydrogen-bond acceptors (Lipinski definition) is 0. The van der Waals surface area contributed by atoms with Crippen LogP contribution in [-0.4, -0.2) is 0 Å². The number of hydrogen-bond donors (Lipinski definition) is 0. The molecule has 0 fully saturated rings. The third kappa shape index (κ3) is 3.95. The molecule has 0 aliphatic rings. The summed E-state index contributed by atoms with van der Waals surface area (Å²) in [7, 11) is 0. The molecule has 0 saturated carbocycles. The molecule has 76 valence electrons. The van der Waals surface area contributed by atoms with Gasteiger partial charge in [-0.05, 0) is 48.9 Å². The molecule has 0 unspecified atom stereocenters. The molecule has 0 heteroatoms. The summed E-state index contributed by atoms with van der Waals surface area (Å²) in [5.74, 6) is 0. The zero-order valence-corrected chi connectivity index (χ0v) is 9.40. The Kier molecular flexibility index (Phi) is 5.36. The van der Waals surface area contributed by atoms with E-state index in [2.05, 4.69) is 38.1 Å². The van der Waals surface area contributed by atoms with Crippen molar-refractivity contribution in [3.63, 3.8) is 0 Å². The average molecular weight is 188 g/mol. The van der Waals surface area contributed by atoms with Crippen LogP contribution in [0.25, 0.3) is 0 Å². The van der Waals surface area contributed by atoms with Gasteiger partial charge in [0.2, 0.25) is 0 Å². The third-order valence-corrected chi connectivity index (χ3v) is 2.44. The summed E-state index contributed by atoms with van der Waals surface area (Å²) in [6.45, 7) is 4.45. The third-order valence-electron chi connectivity index (χ3n) is 2.44. The molecule has 0 atom stereocenters. The van der Waals surface area contributed by atoms with Crippen LogP contribution in [0, 0.1) is 12.1 Å². The zero-order valence-electron chi connectivity index (χ0n) is 9.40. The number of unbranched alkanes of at least 4 members (excludes halogenated alkanes) is 2. The van der Waals surface area contributed by atoms with Crippen LogP contribution in [0.3, 0.4) is 0 Å². The van der Waals surface area contributed by atoms with E-state index >= 15 is 0 Å². The van der Waals surface area contributed by atoms with E-state index in [0.717, 1.165) is 12.8 Å². The van der Waals surface area contributed by atoms with Crippen molar-refractivity contribution in [2.75, 3.05) is 0 Å². The topological polar surface area (TPSA) is 0 Å². The molecule has 0 amide bonds. The molecule has 2 radical (unpaired) electrons. The first-order valence-corrected chi connectivity index (χ1v) is 5.78. The number of aryl methyl sites for hydroxylation is 2. The van der Waals surface area contributed by atoms with E-state index in [9.17, 15) is 0 Å². The summed E-state index contributed by atoms with van der Waals surface area (Å²) in [4.78, 5) is 0. The Morgan fingerprint density at radius 1 is 0.929 bits per heavy atom. The van der Waals surface area contributed by atoms with Gasteiger partial charge in [0.05, 0.1) is 0 Å². The van der Waals surface area contributed by atoms with Gasteiger partial charge in [-0.3, -0.25) is 0 Å². The van der Waals surface area contributed by atoms with Gasteiger partial charge >= 0.3 is 0 Å². The normalized spacial score (nSPS) is 10.4. The summed E-state index contributed by atoms with van der Waals surface area (Å²) in [5, 5.41) is 0. The smallest absolute Gasteiger partial charge is 0.0114 e. The van der Waals surface area contributed by atoms with Crippen LogP contribution in [0.2, 0.25) is 0 Å². The Morgan fingerprint density at radius 3 is 1.86 bits per heavy atom. The molecule has 1 rings (SSSR count). The van der Waals surface area contributed by atoms with Crippen molar-refractivity contribution in [2.24, 2.45) is 0 Å². The molecule has 0 nitrogen and oxygen atoms in total. The first-order chi connectivity index (χ1) is 6.86. The molecule has 0 heterocycles. The Balaban J connectivity index is 2.50. The highest BCUT2D eigenvalue weighted by Gasteiger charge is 1.96. The van der Waals surface area contributed by atoms with Gasteiger partial charge in [0, 0.05) is 0 Å². The summed E-state index contributed by atoms with van der Waals surface area (Å²) >= 11 is 0. The van der Waals surface area contributed by atoms with Gasteiger partial charge in [0.15, 0.2) is 0 Å². The molecular weight excluding hydrogens is 168 g/mol. The summed E-state index contributed by atoms with van der Waals surface area (Å²) < 4.78 is 0. The molecule has 0 saturated heterocycles. The van der Waals surface area contributed by atoms with Crippen molar-refractivity contribution in [1.82, 2.24) is 0 Å².